The number of furan rings is 1. The molecular formula is C48H28N4O. The highest BCUT2D eigenvalue weighted by Gasteiger charge is 2.18. The lowest BCUT2D eigenvalue weighted by Crippen LogP contribution is -2.00. The molecule has 0 unspecified atom stereocenters. The molecule has 10 rings (SSSR count). The highest BCUT2D eigenvalue weighted by atomic mass is 16.3. The molecule has 8 aromatic carbocycles. The molecule has 0 aliphatic heterocycles. The Morgan fingerprint density at radius 1 is 0.377 bits per heavy atom. The molecule has 246 valence electrons. The number of nitrogens with zero attached hydrogens (tertiary/aromatic N) is 4. The molecule has 5 heteroatoms. The third-order valence-electron chi connectivity index (χ3n) is 9.90. The van der Waals surface area contributed by atoms with E-state index in [9.17, 15) is 0 Å². The maximum absolute atomic E-state index is 7.52. The first-order valence-corrected chi connectivity index (χ1v) is 17.5. The van der Waals surface area contributed by atoms with Crippen LogP contribution in [0.4, 0.5) is 5.69 Å². The Bertz CT molecular complexity index is 3010. The van der Waals surface area contributed by atoms with E-state index in [1.54, 1.807) is 0 Å². The summed E-state index contributed by atoms with van der Waals surface area (Å²) in [5, 5.41) is 6.60. The van der Waals surface area contributed by atoms with E-state index >= 15 is 0 Å². The number of fused-ring (bicyclic) bond motifs is 8. The quantitative estimate of drug-likeness (QED) is 0.134. The summed E-state index contributed by atoms with van der Waals surface area (Å²) in [6.07, 6.45) is 0. The summed E-state index contributed by atoms with van der Waals surface area (Å²) < 4.78 is 6.68. The minimum absolute atomic E-state index is 0.615. The van der Waals surface area contributed by atoms with Crippen molar-refractivity contribution in [3.05, 3.63) is 181 Å². The highest BCUT2D eigenvalue weighted by Crippen LogP contribution is 2.43. The van der Waals surface area contributed by atoms with Gasteiger partial charge in [-0.3, -0.25) is 0 Å². The van der Waals surface area contributed by atoms with Crippen LogP contribution in [0.15, 0.2) is 174 Å². The van der Waals surface area contributed by atoms with Gasteiger partial charge in [-0.25, -0.2) is 19.8 Å². The van der Waals surface area contributed by atoms with Gasteiger partial charge in [0.15, 0.2) is 23.2 Å². The molecule has 2 aromatic heterocycles. The van der Waals surface area contributed by atoms with Crippen molar-refractivity contribution < 1.29 is 4.42 Å². The van der Waals surface area contributed by atoms with Gasteiger partial charge in [-0.15, -0.1) is 0 Å². The van der Waals surface area contributed by atoms with Gasteiger partial charge < -0.3 is 4.42 Å². The monoisotopic (exact) mass is 676 g/mol. The zero-order valence-electron chi connectivity index (χ0n) is 28.4. The molecule has 0 amide bonds. The fourth-order valence-corrected chi connectivity index (χ4v) is 7.35. The molecule has 0 saturated carbocycles. The Labute approximate surface area is 305 Å². The average molecular weight is 677 g/mol. The van der Waals surface area contributed by atoms with Crippen LogP contribution in [0.3, 0.4) is 0 Å². The summed E-state index contributed by atoms with van der Waals surface area (Å²) in [5.74, 6) is 1.88. The van der Waals surface area contributed by atoms with Crippen molar-refractivity contribution in [2.75, 3.05) is 0 Å². The van der Waals surface area contributed by atoms with E-state index in [0.717, 1.165) is 82.4 Å². The standard InChI is InChI=1S/C48H28N4O/c1-49-37-19-11-17-33(27-37)34-22-24-38-39-25-23-35(29-42(39)45-44(41(38)28-34)40-20-8-9-21-43(40)53-45)32-16-10-18-36(26-32)48-51-46(30-12-4-2-5-13-30)50-47(52-48)31-14-6-3-7-15-31/h2-29H. The Hall–Kier alpha value is -7.42. The van der Waals surface area contributed by atoms with Crippen LogP contribution in [0.25, 0.3) is 105 Å². The van der Waals surface area contributed by atoms with Crippen LogP contribution in [0, 0.1) is 6.57 Å². The summed E-state index contributed by atoms with van der Waals surface area (Å²) >= 11 is 0. The molecular weight excluding hydrogens is 649 g/mol. The number of aromatic nitrogens is 3. The molecule has 0 aliphatic rings. The minimum atomic E-state index is 0.615. The normalized spacial score (nSPS) is 11.4. The zero-order valence-corrected chi connectivity index (χ0v) is 28.4. The average Bonchev–Trinajstić information content (AvgIpc) is 3.64. The first-order valence-electron chi connectivity index (χ1n) is 17.5. The Morgan fingerprint density at radius 2 is 0.887 bits per heavy atom. The molecule has 0 aliphatic carbocycles. The molecule has 0 radical (unpaired) electrons. The van der Waals surface area contributed by atoms with Crippen LogP contribution < -0.4 is 0 Å². The molecule has 0 fully saturated rings. The second-order valence-corrected chi connectivity index (χ2v) is 13.1. The predicted octanol–water partition coefficient (Wildman–Crippen LogP) is 13.0. The highest BCUT2D eigenvalue weighted by molar-refractivity contribution is 6.30. The van der Waals surface area contributed by atoms with E-state index in [1.807, 2.05) is 91.0 Å². The van der Waals surface area contributed by atoms with Gasteiger partial charge in [0.05, 0.1) is 6.57 Å². The molecule has 10 aromatic rings. The van der Waals surface area contributed by atoms with Gasteiger partial charge in [0, 0.05) is 32.8 Å². The number of para-hydroxylation sites is 1. The molecule has 0 bridgehead atoms. The fraction of sp³-hybridized carbons (Fsp3) is 0. The number of benzene rings is 8. The summed E-state index contributed by atoms with van der Waals surface area (Å²) in [6, 6.07) is 57.7. The van der Waals surface area contributed by atoms with E-state index < -0.39 is 0 Å². The lowest BCUT2D eigenvalue weighted by Gasteiger charge is -2.12. The Kier molecular flexibility index (Phi) is 7.12. The molecule has 2 heterocycles. The van der Waals surface area contributed by atoms with Crippen LogP contribution in [0.5, 0.6) is 0 Å². The van der Waals surface area contributed by atoms with Gasteiger partial charge >= 0.3 is 0 Å². The number of hydrogen-bond donors (Lipinski definition) is 0. The van der Waals surface area contributed by atoms with E-state index in [4.69, 9.17) is 25.9 Å². The van der Waals surface area contributed by atoms with Crippen molar-refractivity contribution in [1.29, 1.82) is 0 Å². The van der Waals surface area contributed by atoms with Gasteiger partial charge in [0.2, 0.25) is 0 Å². The van der Waals surface area contributed by atoms with Gasteiger partial charge in [-0.05, 0) is 68.7 Å². The lowest BCUT2D eigenvalue weighted by atomic mass is 9.92. The first-order chi connectivity index (χ1) is 26.2. The molecule has 5 nitrogen and oxygen atoms in total. The van der Waals surface area contributed by atoms with E-state index in [1.165, 1.54) is 0 Å². The summed E-state index contributed by atoms with van der Waals surface area (Å²) in [7, 11) is 0. The predicted molar refractivity (Wildman–Crippen MR) is 216 cm³/mol. The van der Waals surface area contributed by atoms with Crippen LogP contribution in [-0.4, -0.2) is 15.0 Å². The van der Waals surface area contributed by atoms with Crippen molar-refractivity contribution in [2.45, 2.75) is 0 Å². The Balaban J connectivity index is 1.15. The first kappa shape index (κ1) is 30.4. The van der Waals surface area contributed by atoms with E-state index in [0.29, 0.717) is 23.2 Å². The second kappa shape index (κ2) is 12.4. The Morgan fingerprint density at radius 3 is 1.57 bits per heavy atom. The zero-order chi connectivity index (χ0) is 35.3. The smallest absolute Gasteiger partial charge is 0.187 e. The topological polar surface area (TPSA) is 56.2 Å². The second-order valence-electron chi connectivity index (χ2n) is 13.1. The van der Waals surface area contributed by atoms with Crippen LogP contribution >= 0.6 is 0 Å². The van der Waals surface area contributed by atoms with E-state index in [-0.39, 0.29) is 0 Å². The third-order valence-corrected chi connectivity index (χ3v) is 9.90. The SMILES string of the molecule is [C-]#[N+]c1cccc(-c2ccc3c4ccc(-c5cccc(-c6nc(-c7ccccc7)nc(-c7ccccc7)n6)c5)cc4c4oc5ccccc5c4c3c2)c1. The van der Waals surface area contributed by atoms with Crippen molar-refractivity contribution in [1.82, 2.24) is 15.0 Å². The number of rotatable bonds is 5. The van der Waals surface area contributed by atoms with E-state index in [2.05, 4.69) is 83.7 Å². The minimum Gasteiger partial charge on any atom is -0.455 e. The summed E-state index contributed by atoms with van der Waals surface area (Å²) in [4.78, 5) is 18.5. The van der Waals surface area contributed by atoms with Crippen LogP contribution in [0.1, 0.15) is 0 Å². The molecule has 53 heavy (non-hydrogen) atoms. The third kappa shape index (κ3) is 5.29. The van der Waals surface area contributed by atoms with Gasteiger partial charge in [0.1, 0.15) is 11.2 Å². The summed E-state index contributed by atoms with van der Waals surface area (Å²) in [6.45, 7) is 7.52. The molecule has 0 saturated heterocycles. The van der Waals surface area contributed by atoms with Crippen molar-refractivity contribution in [3.8, 4) is 56.4 Å². The number of hydrogen-bond acceptors (Lipinski definition) is 4. The summed E-state index contributed by atoms with van der Waals surface area (Å²) in [5.41, 5.74) is 9.30. The van der Waals surface area contributed by atoms with Crippen LogP contribution in [-0.2, 0) is 0 Å². The maximum atomic E-state index is 7.52. The van der Waals surface area contributed by atoms with Gasteiger partial charge in [0.25, 0.3) is 0 Å². The molecule has 0 spiro atoms. The molecule has 0 atom stereocenters. The maximum Gasteiger partial charge on any atom is 0.187 e. The fourth-order valence-electron chi connectivity index (χ4n) is 7.35. The van der Waals surface area contributed by atoms with Gasteiger partial charge in [-0.1, -0.05) is 140 Å². The van der Waals surface area contributed by atoms with Crippen molar-refractivity contribution in [2.24, 2.45) is 0 Å². The lowest BCUT2D eigenvalue weighted by molar-refractivity contribution is 0.673. The largest absolute Gasteiger partial charge is 0.455 e. The van der Waals surface area contributed by atoms with Crippen molar-refractivity contribution >= 4 is 49.2 Å². The molecule has 0 N–H and O–H groups in total. The van der Waals surface area contributed by atoms with Crippen molar-refractivity contribution in [3.63, 3.8) is 0 Å². The van der Waals surface area contributed by atoms with Crippen LogP contribution in [0.2, 0.25) is 0 Å². The van der Waals surface area contributed by atoms with Gasteiger partial charge in [-0.2, -0.15) is 0 Å².